The maximum Gasteiger partial charge on any atom is 0.264 e. The number of nitrogens with zero attached hydrogens (tertiary/aromatic N) is 2. The minimum atomic E-state index is -4.04. The molecule has 0 atom stereocenters. The third kappa shape index (κ3) is 4.83. The van der Waals surface area contributed by atoms with Gasteiger partial charge >= 0.3 is 0 Å². The molecule has 7 nitrogen and oxygen atoms in total. The number of halogens is 1. The van der Waals surface area contributed by atoms with E-state index >= 15 is 0 Å². The first-order valence-electron chi connectivity index (χ1n) is 10.4. The highest BCUT2D eigenvalue weighted by atomic mass is 35.5. The number of carbonyl (C=O) groups is 1. The number of para-hydroxylation sites is 1. The van der Waals surface area contributed by atoms with E-state index in [1.165, 1.54) is 22.5 Å². The van der Waals surface area contributed by atoms with Crippen LogP contribution >= 0.6 is 11.6 Å². The SMILES string of the molecule is Cc1noc(C)c1NC(=O)c1cc(S(=O)(=O)N(Cc2ccccc2)c2ccccc2)ccc1Cl. The van der Waals surface area contributed by atoms with Crippen molar-refractivity contribution in [3.8, 4) is 0 Å². The van der Waals surface area contributed by atoms with Crippen LogP contribution < -0.4 is 9.62 Å². The number of nitrogens with one attached hydrogen (secondary N) is 1. The number of hydrogen-bond acceptors (Lipinski definition) is 5. The summed E-state index contributed by atoms with van der Waals surface area (Å²) in [7, 11) is -4.04. The van der Waals surface area contributed by atoms with Crippen molar-refractivity contribution in [3.05, 3.63) is 106 Å². The molecule has 4 aromatic rings. The van der Waals surface area contributed by atoms with E-state index in [-0.39, 0.29) is 22.0 Å². The van der Waals surface area contributed by atoms with Crippen molar-refractivity contribution in [2.45, 2.75) is 25.3 Å². The summed E-state index contributed by atoms with van der Waals surface area (Å²) in [6.45, 7) is 3.48. The predicted octanol–water partition coefficient (Wildman–Crippen LogP) is 5.59. The maximum absolute atomic E-state index is 13.8. The molecule has 1 heterocycles. The quantitative estimate of drug-likeness (QED) is 0.360. The summed E-state index contributed by atoms with van der Waals surface area (Å²) in [6.07, 6.45) is 0. The van der Waals surface area contributed by atoms with E-state index in [0.29, 0.717) is 22.8 Å². The smallest absolute Gasteiger partial charge is 0.264 e. The summed E-state index contributed by atoms with van der Waals surface area (Å²) in [5.74, 6) is -0.130. The molecule has 0 unspecified atom stereocenters. The second kappa shape index (κ2) is 9.70. The van der Waals surface area contributed by atoms with Gasteiger partial charge in [-0.2, -0.15) is 0 Å². The van der Waals surface area contributed by atoms with Crippen molar-refractivity contribution in [1.82, 2.24) is 5.16 Å². The molecule has 0 spiro atoms. The Labute approximate surface area is 203 Å². The molecular formula is C25H22ClN3O4S. The standard InChI is InChI=1S/C25H22ClN3O4S/c1-17-24(18(2)33-28-17)27-25(30)22-15-21(13-14-23(22)26)34(31,32)29(20-11-7-4-8-12-20)16-19-9-5-3-6-10-19/h3-15H,16H2,1-2H3,(H,27,30). The molecule has 1 aromatic heterocycles. The Bertz CT molecular complexity index is 1400. The van der Waals surface area contributed by atoms with Gasteiger partial charge in [0.05, 0.1) is 27.7 Å². The van der Waals surface area contributed by atoms with Crippen molar-refractivity contribution in [2.75, 3.05) is 9.62 Å². The van der Waals surface area contributed by atoms with Crippen LogP contribution in [0, 0.1) is 13.8 Å². The van der Waals surface area contributed by atoms with Gasteiger partial charge in [0, 0.05) is 0 Å². The number of benzene rings is 3. The average molecular weight is 496 g/mol. The highest BCUT2D eigenvalue weighted by Crippen LogP contribution is 2.29. The summed E-state index contributed by atoms with van der Waals surface area (Å²) in [5.41, 5.74) is 2.27. The lowest BCUT2D eigenvalue weighted by atomic mass is 10.2. The van der Waals surface area contributed by atoms with Crippen molar-refractivity contribution in [2.24, 2.45) is 0 Å². The van der Waals surface area contributed by atoms with Crippen molar-refractivity contribution in [1.29, 1.82) is 0 Å². The van der Waals surface area contributed by atoms with Crippen molar-refractivity contribution < 1.29 is 17.7 Å². The molecule has 0 fully saturated rings. The van der Waals surface area contributed by atoms with Crippen LogP contribution in [-0.4, -0.2) is 19.5 Å². The van der Waals surface area contributed by atoms with Gasteiger partial charge < -0.3 is 9.84 Å². The summed E-state index contributed by atoms with van der Waals surface area (Å²) < 4.78 is 33.9. The van der Waals surface area contributed by atoms with Crippen LogP contribution in [0.5, 0.6) is 0 Å². The van der Waals surface area contributed by atoms with Gasteiger partial charge in [0.15, 0.2) is 5.76 Å². The van der Waals surface area contributed by atoms with Crippen LogP contribution in [0.1, 0.15) is 27.4 Å². The first-order valence-corrected chi connectivity index (χ1v) is 12.2. The summed E-state index contributed by atoms with van der Waals surface area (Å²) >= 11 is 6.28. The van der Waals surface area contributed by atoms with Gasteiger partial charge in [-0.25, -0.2) is 8.42 Å². The molecule has 4 rings (SSSR count). The van der Waals surface area contributed by atoms with Crippen LogP contribution in [0.4, 0.5) is 11.4 Å². The maximum atomic E-state index is 13.8. The average Bonchev–Trinajstić information content (AvgIpc) is 3.15. The molecule has 0 radical (unpaired) electrons. The number of rotatable bonds is 7. The first kappa shape index (κ1) is 23.5. The second-order valence-electron chi connectivity index (χ2n) is 7.63. The number of anilines is 2. The monoisotopic (exact) mass is 495 g/mol. The lowest BCUT2D eigenvalue weighted by molar-refractivity contribution is 0.102. The Kier molecular flexibility index (Phi) is 6.72. The molecule has 174 valence electrons. The molecule has 0 saturated heterocycles. The minimum Gasteiger partial charge on any atom is -0.359 e. The second-order valence-corrected chi connectivity index (χ2v) is 9.90. The van der Waals surface area contributed by atoms with Gasteiger partial charge in [-0.15, -0.1) is 0 Å². The molecule has 0 saturated carbocycles. The molecular weight excluding hydrogens is 474 g/mol. The summed E-state index contributed by atoms with van der Waals surface area (Å²) in [4.78, 5) is 12.9. The van der Waals surface area contributed by atoms with Gasteiger partial charge in [-0.05, 0) is 49.7 Å². The van der Waals surface area contributed by atoms with Crippen molar-refractivity contribution >= 4 is 38.9 Å². The number of amides is 1. The van der Waals surface area contributed by atoms with E-state index < -0.39 is 15.9 Å². The normalized spacial score (nSPS) is 11.3. The van der Waals surface area contributed by atoms with Crippen LogP contribution in [0.3, 0.4) is 0 Å². The zero-order valence-electron chi connectivity index (χ0n) is 18.5. The Hall–Kier alpha value is -3.62. The number of aromatic nitrogens is 1. The first-order chi connectivity index (χ1) is 16.3. The Morgan fingerprint density at radius 1 is 1.00 bits per heavy atom. The van der Waals surface area contributed by atoms with E-state index in [0.717, 1.165) is 5.56 Å². The van der Waals surface area contributed by atoms with Crippen LogP contribution in [-0.2, 0) is 16.6 Å². The number of hydrogen-bond donors (Lipinski definition) is 1. The minimum absolute atomic E-state index is 0.0236. The van der Waals surface area contributed by atoms with Gasteiger partial charge in [0.1, 0.15) is 11.4 Å². The Balaban J connectivity index is 1.73. The van der Waals surface area contributed by atoms with Gasteiger partial charge in [-0.3, -0.25) is 9.10 Å². The van der Waals surface area contributed by atoms with E-state index in [1.54, 1.807) is 38.1 Å². The number of carbonyl (C=O) groups excluding carboxylic acids is 1. The van der Waals surface area contributed by atoms with E-state index in [4.69, 9.17) is 16.1 Å². The number of sulfonamides is 1. The topological polar surface area (TPSA) is 92.5 Å². The van der Waals surface area contributed by atoms with Crippen LogP contribution in [0.25, 0.3) is 0 Å². The Morgan fingerprint density at radius 3 is 2.26 bits per heavy atom. The van der Waals surface area contributed by atoms with Gasteiger partial charge in [0.25, 0.3) is 15.9 Å². The zero-order valence-corrected chi connectivity index (χ0v) is 20.1. The number of aryl methyl sites for hydroxylation is 2. The molecule has 0 bridgehead atoms. The lowest BCUT2D eigenvalue weighted by Crippen LogP contribution is -2.30. The predicted molar refractivity (Wildman–Crippen MR) is 132 cm³/mol. The molecule has 0 aliphatic rings. The van der Waals surface area contributed by atoms with Gasteiger partial charge in [-0.1, -0.05) is 65.3 Å². The molecule has 9 heteroatoms. The molecule has 3 aromatic carbocycles. The Morgan fingerprint density at radius 2 is 1.65 bits per heavy atom. The highest BCUT2D eigenvalue weighted by molar-refractivity contribution is 7.92. The third-order valence-corrected chi connectivity index (χ3v) is 7.35. The fourth-order valence-corrected chi connectivity index (χ4v) is 5.15. The summed E-state index contributed by atoms with van der Waals surface area (Å²) in [5, 5.41) is 6.64. The highest BCUT2D eigenvalue weighted by Gasteiger charge is 2.27. The molecule has 0 aliphatic heterocycles. The van der Waals surface area contributed by atoms with Crippen molar-refractivity contribution in [3.63, 3.8) is 0 Å². The van der Waals surface area contributed by atoms with E-state index in [9.17, 15) is 13.2 Å². The third-order valence-electron chi connectivity index (χ3n) is 5.26. The fourth-order valence-electron chi connectivity index (χ4n) is 3.47. The van der Waals surface area contributed by atoms with Gasteiger partial charge in [0.2, 0.25) is 0 Å². The zero-order chi connectivity index (χ0) is 24.3. The molecule has 0 aliphatic carbocycles. The molecule has 34 heavy (non-hydrogen) atoms. The van der Waals surface area contributed by atoms with Crippen LogP contribution in [0.2, 0.25) is 5.02 Å². The lowest BCUT2D eigenvalue weighted by Gasteiger charge is -2.25. The van der Waals surface area contributed by atoms with E-state index in [2.05, 4.69) is 10.5 Å². The molecule has 1 amide bonds. The molecule has 1 N–H and O–H groups in total. The van der Waals surface area contributed by atoms with E-state index in [1.807, 2.05) is 36.4 Å². The largest absolute Gasteiger partial charge is 0.359 e. The van der Waals surface area contributed by atoms with Crippen LogP contribution in [0.15, 0.2) is 88.3 Å². The fraction of sp³-hybridized carbons (Fsp3) is 0.120. The summed E-state index contributed by atoms with van der Waals surface area (Å²) in [6, 6.07) is 22.2.